The summed E-state index contributed by atoms with van der Waals surface area (Å²) in [5.74, 6) is -0.378. The number of likely N-dealkylation sites (N-methyl/N-ethyl adjacent to an activating group) is 1. The van der Waals surface area contributed by atoms with E-state index < -0.39 is 0 Å². The number of halogens is 1. The maximum Gasteiger partial charge on any atom is 0.246 e. The number of carbonyl (C=O) groups excluding carboxylic acids is 1. The summed E-state index contributed by atoms with van der Waals surface area (Å²) in [4.78, 5) is 11.7. The summed E-state index contributed by atoms with van der Waals surface area (Å²) in [6.07, 6.45) is 1.74. The zero-order chi connectivity index (χ0) is 13.4. The normalized spacial score (nSPS) is 11.4. The van der Waals surface area contributed by atoms with Crippen molar-refractivity contribution in [3.8, 4) is 0 Å². The highest BCUT2D eigenvalue weighted by atomic mass is 19.1. The van der Waals surface area contributed by atoms with Crippen LogP contribution in [0.4, 0.5) is 4.39 Å². The molecular weight excluding hydrogens is 231 g/mol. The van der Waals surface area contributed by atoms with Crippen LogP contribution in [0.25, 0.3) is 6.08 Å². The molecule has 0 bridgehead atoms. The first kappa shape index (κ1) is 14.4. The first-order valence-corrected chi connectivity index (χ1v) is 6.06. The Morgan fingerprint density at radius 2 is 1.94 bits per heavy atom. The van der Waals surface area contributed by atoms with Crippen LogP contribution in [0.1, 0.15) is 19.4 Å². The lowest BCUT2D eigenvalue weighted by Gasteiger charge is -2.05. The van der Waals surface area contributed by atoms with E-state index in [1.54, 1.807) is 25.1 Å². The Bertz CT molecular complexity index is 412. The van der Waals surface area contributed by atoms with Crippen molar-refractivity contribution in [1.29, 1.82) is 0 Å². The number of amides is 1. The molecule has 0 aliphatic heterocycles. The second kappa shape index (κ2) is 7.61. The van der Waals surface area contributed by atoms with Crippen molar-refractivity contribution in [1.82, 2.24) is 10.6 Å². The van der Waals surface area contributed by atoms with Crippen molar-refractivity contribution in [2.24, 2.45) is 0 Å². The lowest BCUT2D eigenvalue weighted by atomic mass is 10.1. The van der Waals surface area contributed by atoms with Crippen LogP contribution in [0.5, 0.6) is 0 Å². The summed E-state index contributed by atoms with van der Waals surface area (Å²) in [5, 5.41) is 5.93. The second-order valence-electron chi connectivity index (χ2n) is 3.99. The van der Waals surface area contributed by atoms with Gasteiger partial charge in [-0.2, -0.15) is 0 Å². The summed E-state index contributed by atoms with van der Waals surface area (Å²) in [5.41, 5.74) is 1.42. The number of hydrogen-bond donors (Lipinski definition) is 2. The van der Waals surface area contributed by atoms with Gasteiger partial charge >= 0.3 is 0 Å². The molecule has 0 saturated heterocycles. The number of rotatable bonds is 6. The zero-order valence-electron chi connectivity index (χ0n) is 10.8. The highest BCUT2D eigenvalue weighted by molar-refractivity contribution is 5.97. The first-order valence-electron chi connectivity index (χ1n) is 6.06. The molecule has 1 amide bonds. The number of nitrogens with one attached hydrogen (secondary N) is 2. The van der Waals surface area contributed by atoms with Crippen LogP contribution in [-0.4, -0.2) is 25.5 Å². The first-order chi connectivity index (χ1) is 8.63. The summed E-state index contributed by atoms with van der Waals surface area (Å²) in [7, 11) is 0. The highest BCUT2D eigenvalue weighted by Gasteiger charge is 2.02. The molecule has 0 aliphatic carbocycles. The standard InChI is InChI=1S/C14H19FN2O/c1-3-16-8-9-17-14(18)11(2)10-12-4-6-13(15)7-5-12/h4-7,10,16H,3,8-9H2,1-2H3,(H,17,18)/b11-10+. The molecular formula is C14H19FN2O. The molecule has 0 saturated carbocycles. The lowest BCUT2D eigenvalue weighted by Crippen LogP contribution is -2.32. The van der Waals surface area contributed by atoms with Gasteiger partial charge in [-0.05, 0) is 37.2 Å². The van der Waals surface area contributed by atoms with Crippen molar-refractivity contribution in [3.63, 3.8) is 0 Å². The van der Waals surface area contributed by atoms with Gasteiger partial charge in [0.15, 0.2) is 0 Å². The van der Waals surface area contributed by atoms with E-state index in [1.807, 2.05) is 6.92 Å². The fourth-order valence-corrected chi connectivity index (χ4v) is 1.46. The van der Waals surface area contributed by atoms with Gasteiger partial charge in [-0.3, -0.25) is 4.79 Å². The van der Waals surface area contributed by atoms with Gasteiger partial charge in [-0.25, -0.2) is 4.39 Å². The van der Waals surface area contributed by atoms with E-state index in [1.165, 1.54) is 12.1 Å². The molecule has 2 N–H and O–H groups in total. The van der Waals surface area contributed by atoms with Gasteiger partial charge in [0.05, 0.1) is 0 Å². The third-order valence-electron chi connectivity index (χ3n) is 2.45. The fourth-order valence-electron chi connectivity index (χ4n) is 1.46. The van der Waals surface area contributed by atoms with E-state index in [2.05, 4.69) is 10.6 Å². The number of benzene rings is 1. The van der Waals surface area contributed by atoms with Gasteiger partial charge in [0.2, 0.25) is 5.91 Å². The molecule has 4 heteroatoms. The van der Waals surface area contributed by atoms with Gasteiger partial charge in [0, 0.05) is 18.7 Å². The van der Waals surface area contributed by atoms with Crippen molar-refractivity contribution in [2.45, 2.75) is 13.8 Å². The van der Waals surface area contributed by atoms with Crippen LogP contribution >= 0.6 is 0 Å². The van der Waals surface area contributed by atoms with Crippen LogP contribution in [0.2, 0.25) is 0 Å². The Morgan fingerprint density at radius 1 is 1.28 bits per heavy atom. The zero-order valence-corrected chi connectivity index (χ0v) is 10.8. The quantitative estimate of drug-likeness (QED) is 0.598. The van der Waals surface area contributed by atoms with Gasteiger partial charge in [0.25, 0.3) is 0 Å². The molecule has 0 aromatic heterocycles. The molecule has 0 fully saturated rings. The molecule has 0 aliphatic rings. The monoisotopic (exact) mass is 250 g/mol. The van der Waals surface area contributed by atoms with E-state index in [0.29, 0.717) is 12.1 Å². The van der Waals surface area contributed by atoms with Crippen LogP contribution in [0, 0.1) is 5.82 Å². The molecule has 0 radical (unpaired) electrons. The minimum absolute atomic E-state index is 0.0998. The van der Waals surface area contributed by atoms with Crippen LogP contribution in [-0.2, 0) is 4.79 Å². The van der Waals surface area contributed by atoms with Gasteiger partial charge < -0.3 is 10.6 Å². The van der Waals surface area contributed by atoms with Crippen LogP contribution < -0.4 is 10.6 Å². The largest absolute Gasteiger partial charge is 0.351 e. The molecule has 1 aromatic carbocycles. The van der Waals surface area contributed by atoms with Crippen molar-refractivity contribution in [2.75, 3.05) is 19.6 Å². The third kappa shape index (κ3) is 5.10. The van der Waals surface area contributed by atoms with E-state index in [0.717, 1.165) is 18.7 Å². The SMILES string of the molecule is CCNCCNC(=O)/C(C)=C/c1ccc(F)cc1. The van der Waals surface area contributed by atoms with E-state index in [4.69, 9.17) is 0 Å². The topological polar surface area (TPSA) is 41.1 Å². The Kier molecular flexibility index (Phi) is 6.08. The molecule has 18 heavy (non-hydrogen) atoms. The van der Waals surface area contributed by atoms with E-state index in [9.17, 15) is 9.18 Å². The Balaban J connectivity index is 2.49. The van der Waals surface area contributed by atoms with E-state index in [-0.39, 0.29) is 11.7 Å². The highest BCUT2D eigenvalue weighted by Crippen LogP contribution is 2.08. The van der Waals surface area contributed by atoms with E-state index >= 15 is 0 Å². The van der Waals surface area contributed by atoms with Crippen molar-refractivity contribution >= 4 is 12.0 Å². The molecule has 0 atom stereocenters. The number of carbonyl (C=O) groups is 1. The minimum atomic E-state index is -0.278. The minimum Gasteiger partial charge on any atom is -0.351 e. The fraction of sp³-hybridized carbons (Fsp3) is 0.357. The van der Waals surface area contributed by atoms with Gasteiger partial charge in [0.1, 0.15) is 5.82 Å². The summed E-state index contributed by atoms with van der Waals surface area (Å²) in [6.45, 7) is 6.00. The molecule has 0 unspecified atom stereocenters. The molecule has 3 nitrogen and oxygen atoms in total. The smallest absolute Gasteiger partial charge is 0.246 e. The van der Waals surface area contributed by atoms with Gasteiger partial charge in [-0.15, -0.1) is 0 Å². The molecule has 98 valence electrons. The maximum absolute atomic E-state index is 12.7. The molecule has 0 heterocycles. The van der Waals surface area contributed by atoms with Crippen molar-refractivity contribution in [3.05, 3.63) is 41.2 Å². The van der Waals surface area contributed by atoms with Crippen molar-refractivity contribution < 1.29 is 9.18 Å². The summed E-state index contributed by atoms with van der Waals surface area (Å²) >= 11 is 0. The average molecular weight is 250 g/mol. The predicted molar refractivity (Wildman–Crippen MR) is 71.6 cm³/mol. The summed E-state index contributed by atoms with van der Waals surface area (Å²) in [6, 6.07) is 6.04. The average Bonchev–Trinajstić information content (AvgIpc) is 2.37. The maximum atomic E-state index is 12.7. The lowest BCUT2D eigenvalue weighted by molar-refractivity contribution is -0.117. The Labute approximate surface area is 107 Å². The van der Waals surface area contributed by atoms with Gasteiger partial charge in [-0.1, -0.05) is 19.1 Å². The molecule has 0 spiro atoms. The molecule has 1 rings (SSSR count). The summed E-state index contributed by atoms with van der Waals surface area (Å²) < 4.78 is 12.7. The Hall–Kier alpha value is -1.68. The number of hydrogen-bond acceptors (Lipinski definition) is 2. The Morgan fingerprint density at radius 3 is 2.56 bits per heavy atom. The predicted octanol–water partition coefficient (Wildman–Crippen LogP) is 1.95. The second-order valence-corrected chi connectivity index (χ2v) is 3.99. The molecule has 1 aromatic rings. The van der Waals surface area contributed by atoms with Crippen LogP contribution in [0.15, 0.2) is 29.8 Å². The third-order valence-corrected chi connectivity index (χ3v) is 2.45. The van der Waals surface area contributed by atoms with Crippen LogP contribution in [0.3, 0.4) is 0 Å².